The van der Waals surface area contributed by atoms with Crippen LogP contribution in [0.2, 0.25) is 5.15 Å². The highest BCUT2D eigenvalue weighted by Crippen LogP contribution is 2.14. The molecule has 0 bridgehead atoms. The number of hydrogen-bond donors (Lipinski definition) is 0. The summed E-state index contributed by atoms with van der Waals surface area (Å²) in [4.78, 5) is 19.3. The summed E-state index contributed by atoms with van der Waals surface area (Å²) in [6, 6.07) is 4.93. The predicted octanol–water partition coefficient (Wildman–Crippen LogP) is 2.07. The number of fused-ring (bicyclic) bond motifs is 1. The molecule has 0 spiro atoms. The Morgan fingerprint density at radius 3 is 2.93 bits per heavy atom. The van der Waals surface area contributed by atoms with Crippen LogP contribution in [0.4, 0.5) is 0 Å². The van der Waals surface area contributed by atoms with Crippen molar-refractivity contribution in [3.63, 3.8) is 0 Å². The number of methoxy groups -OCH3 is 1. The van der Waals surface area contributed by atoms with E-state index < -0.39 is 5.97 Å². The van der Waals surface area contributed by atoms with Crippen molar-refractivity contribution < 1.29 is 9.53 Å². The van der Waals surface area contributed by atoms with Crippen molar-refractivity contribution in [1.82, 2.24) is 9.97 Å². The molecular formula is C10H7ClN2O2. The van der Waals surface area contributed by atoms with Crippen molar-refractivity contribution in [2.45, 2.75) is 0 Å². The zero-order valence-electron chi connectivity index (χ0n) is 7.90. The van der Waals surface area contributed by atoms with Crippen LogP contribution in [0.15, 0.2) is 24.4 Å². The SMILES string of the molecule is COC(=O)c1ccc2ncc(Cl)nc2c1. The van der Waals surface area contributed by atoms with E-state index in [2.05, 4.69) is 14.7 Å². The number of halogens is 1. The molecule has 0 aliphatic carbocycles. The number of esters is 1. The molecular weight excluding hydrogens is 216 g/mol. The fourth-order valence-corrected chi connectivity index (χ4v) is 1.37. The van der Waals surface area contributed by atoms with Gasteiger partial charge in [0.2, 0.25) is 0 Å². The van der Waals surface area contributed by atoms with Gasteiger partial charge in [-0.15, -0.1) is 0 Å². The minimum Gasteiger partial charge on any atom is -0.465 e. The number of aromatic nitrogens is 2. The summed E-state index contributed by atoms with van der Waals surface area (Å²) in [6.07, 6.45) is 1.46. The molecule has 0 aliphatic rings. The molecule has 0 atom stereocenters. The van der Waals surface area contributed by atoms with Gasteiger partial charge in [-0.2, -0.15) is 0 Å². The summed E-state index contributed by atoms with van der Waals surface area (Å²) in [5.74, 6) is -0.404. The Bertz CT molecular complexity index is 528. The summed E-state index contributed by atoms with van der Waals surface area (Å²) in [7, 11) is 1.33. The van der Waals surface area contributed by atoms with Gasteiger partial charge in [0.15, 0.2) is 0 Å². The standard InChI is InChI=1S/C10H7ClN2O2/c1-15-10(14)6-2-3-7-8(4-6)13-9(11)5-12-7/h2-5H,1H3. The molecule has 1 aromatic carbocycles. The molecule has 0 saturated carbocycles. The lowest BCUT2D eigenvalue weighted by atomic mass is 10.2. The number of carbonyl (C=O) groups excluding carboxylic acids is 1. The summed E-state index contributed by atoms with van der Waals surface area (Å²) >= 11 is 5.69. The molecule has 5 heteroatoms. The van der Waals surface area contributed by atoms with Crippen LogP contribution in [-0.2, 0) is 4.74 Å². The molecule has 1 heterocycles. The minimum absolute atomic E-state index is 0.296. The first-order valence-corrected chi connectivity index (χ1v) is 4.59. The highest BCUT2D eigenvalue weighted by atomic mass is 35.5. The minimum atomic E-state index is -0.404. The van der Waals surface area contributed by atoms with E-state index in [4.69, 9.17) is 11.6 Å². The number of nitrogens with zero attached hydrogens (tertiary/aromatic N) is 2. The van der Waals surface area contributed by atoms with Crippen LogP contribution in [0.1, 0.15) is 10.4 Å². The third-order valence-corrected chi connectivity index (χ3v) is 2.12. The fourth-order valence-electron chi connectivity index (χ4n) is 1.23. The summed E-state index contributed by atoms with van der Waals surface area (Å²) in [5, 5.41) is 0.296. The number of benzene rings is 1. The van der Waals surface area contributed by atoms with Crippen LogP contribution in [0.3, 0.4) is 0 Å². The van der Waals surface area contributed by atoms with E-state index in [9.17, 15) is 4.79 Å². The van der Waals surface area contributed by atoms with E-state index in [1.807, 2.05) is 0 Å². The van der Waals surface area contributed by atoms with Gasteiger partial charge in [-0.25, -0.2) is 9.78 Å². The van der Waals surface area contributed by atoms with Gasteiger partial charge in [-0.05, 0) is 18.2 Å². The van der Waals surface area contributed by atoms with E-state index >= 15 is 0 Å². The second-order valence-electron chi connectivity index (χ2n) is 2.89. The van der Waals surface area contributed by atoms with Gasteiger partial charge in [-0.1, -0.05) is 11.6 Å². The highest BCUT2D eigenvalue weighted by Gasteiger charge is 2.07. The smallest absolute Gasteiger partial charge is 0.337 e. The average Bonchev–Trinajstić information content (AvgIpc) is 2.27. The first-order chi connectivity index (χ1) is 7.20. The zero-order chi connectivity index (χ0) is 10.8. The third-order valence-electron chi connectivity index (χ3n) is 1.93. The quantitative estimate of drug-likeness (QED) is 0.693. The maximum absolute atomic E-state index is 11.2. The summed E-state index contributed by atoms with van der Waals surface area (Å²) < 4.78 is 4.60. The number of rotatable bonds is 1. The van der Waals surface area contributed by atoms with E-state index in [1.165, 1.54) is 13.3 Å². The number of ether oxygens (including phenoxy) is 1. The lowest BCUT2D eigenvalue weighted by molar-refractivity contribution is 0.0601. The predicted molar refractivity (Wildman–Crippen MR) is 55.9 cm³/mol. The Balaban J connectivity index is 2.59. The molecule has 0 saturated heterocycles. The summed E-state index contributed by atoms with van der Waals surface area (Å²) in [5.41, 5.74) is 1.69. The fraction of sp³-hybridized carbons (Fsp3) is 0.100. The molecule has 2 aromatic rings. The van der Waals surface area contributed by atoms with Gasteiger partial charge < -0.3 is 4.74 Å². The van der Waals surface area contributed by atoms with Crippen molar-refractivity contribution >= 4 is 28.6 Å². The van der Waals surface area contributed by atoms with Crippen LogP contribution in [0, 0.1) is 0 Å². The van der Waals surface area contributed by atoms with Gasteiger partial charge >= 0.3 is 5.97 Å². The van der Waals surface area contributed by atoms with Crippen molar-refractivity contribution in [3.05, 3.63) is 35.1 Å². The molecule has 0 N–H and O–H groups in total. The van der Waals surface area contributed by atoms with E-state index in [0.29, 0.717) is 21.7 Å². The molecule has 0 aliphatic heterocycles. The van der Waals surface area contributed by atoms with Gasteiger partial charge in [0, 0.05) is 0 Å². The lowest BCUT2D eigenvalue weighted by Gasteiger charge is -2.00. The zero-order valence-corrected chi connectivity index (χ0v) is 8.65. The molecule has 76 valence electrons. The van der Waals surface area contributed by atoms with Crippen LogP contribution in [-0.4, -0.2) is 23.0 Å². The molecule has 15 heavy (non-hydrogen) atoms. The third kappa shape index (κ3) is 1.89. The number of carbonyl (C=O) groups is 1. The van der Waals surface area contributed by atoms with Crippen molar-refractivity contribution in [3.8, 4) is 0 Å². The van der Waals surface area contributed by atoms with Crippen molar-refractivity contribution in [2.75, 3.05) is 7.11 Å². The van der Waals surface area contributed by atoms with Crippen LogP contribution in [0.5, 0.6) is 0 Å². The number of hydrogen-bond acceptors (Lipinski definition) is 4. The molecule has 4 nitrogen and oxygen atoms in total. The molecule has 0 fully saturated rings. The van der Waals surface area contributed by atoms with E-state index in [1.54, 1.807) is 18.2 Å². The Morgan fingerprint density at radius 1 is 1.40 bits per heavy atom. The van der Waals surface area contributed by atoms with Crippen molar-refractivity contribution in [2.24, 2.45) is 0 Å². The lowest BCUT2D eigenvalue weighted by Crippen LogP contribution is -2.01. The van der Waals surface area contributed by atoms with Gasteiger partial charge in [0.25, 0.3) is 0 Å². The molecule has 0 amide bonds. The van der Waals surface area contributed by atoms with Crippen LogP contribution in [0.25, 0.3) is 11.0 Å². The first-order valence-electron chi connectivity index (χ1n) is 4.21. The van der Waals surface area contributed by atoms with Crippen LogP contribution >= 0.6 is 11.6 Å². The maximum atomic E-state index is 11.2. The van der Waals surface area contributed by atoms with E-state index in [0.717, 1.165) is 0 Å². The monoisotopic (exact) mass is 222 g/mol. The average molecular weight is 223 g/mol. The van der Waals surface area contributed by atoms with Gasteiger partial charge in [0.05, 0.1) is 29.9 Å². The van der Waals surface area contributed by atoms with Gasteiger partial charge in [-0.3, -0.25) is 4.98 Å². The van der Waals surface area contributed by atoms with E-state index in [-0.39, 0.29) is 0 Å². The Kier molecular flexibility index (Phi) is 2.51. The first kappa shape index (κ1) is 9.86. The van der Waals surface area contributed by atoms with Gasteiger partial charge in [0.1, 0.15) is 5.15 Å². The van der Waals surface area contributed by atoms with Crippen molar-refractivity contribution in [1.29, 1.82) is 0 Å². The highest BCUT2D eigenvalue weighted by molar-refractivity contribution is 6.29. The topological polar surface area (TPSA) is 52.1 Å². The molecule has 0 unspecified atom stereocenters. The molecule has 2 rings (SSSR count). The Labute approximate surface area is 90.9 Å². The Morgan fingerprint density at radius 2 is 2.20 bits per heavy atom. The second-order valence-corrected chi connectivity index (χ2v) is 3.28. The normalized spacial score (nSPS) is 10.3. The summed E-state index contributed by atoms with van der Waals surface area (Å²) in [6.45, 7) is 0. The van der Waals surface area contributed by atoms with Crippen LogP contribution < -0.4 is 0 Å². The largest absolute Gasteiger partial charge is 0.465 e. The second kappa shape index (κ2) is 3.82. The maximum Gasteiger partial charge on any atom is 0.337 e. The molecule has 0 radical (unpaired) electrons. The molecule has 1 aromatic heterocycles. The Hall–Kier alpha value is -1.68.